The lowest BCUT2D eigenvalue weighted by Crippen LogP contribution is -2.32. The van der Waals surface area contributed by atoms with Crippen LogP contribution in [0.4, 0.5) is 0 Å². The fraction of sp³-hybridized carbons (Fsp3) is 0.500. The van der Waals surface area contributed by atoms with E-state index in [-0.39, 0.29) is 5.84 Å². The van der Waals surface area contributed by atoms with Crippen LogP contribution in [0.25, 0.3) is 0 Å². The van der Waals surface area contributed by atoms with Crippen molar-refractivity contribution in [2.75, 3.05) is 6.54 Å². The minimum absolute atomic E-state index is 0.172. The maximum atomic E-state index is 8.81. The molecule has 0 aliphatic carbocycles. The molecule has 0 saturated heterocycles. The van der Waals surface area contributed by atoms with Crippen LogP contribution in [0.15, 0.2) is 29.4 Å². The van der Waals surface area contributed by atoms with Gasteiger partial charge in [0.25, 0.3) is 0 Å². The summed E-state index contributed by atoms with van der Waals surface area (Å²) in [6, 6.07) is 8.27. The lowest BCUT2D eigenvalue weighted by atomic mass is 10.1. The number of nitrogens with zero attached hydrogens (tertiary/aromatic N) is 2. The smallest absolute Gasteiger partial charge is 0.170 e. The standard InChI is InChI=1S/C14H23N3O/c1-4-9-17(11(2)3)10-12-7-5-6-8-13(12)14(15)16-18/h5-8,11,18H,4,9-10H2,1-3H3,(H2,15,16). The zero-order valence-corrected chi connectivity index (χ0v) is 11.4. The number of rotatable bonds is 6. The first-order chi connectivity index (χ1) is 8.60. The predicted octanol–water partition coefficient (Wildman–Crippen LogP) is 2.40. The Morgan fingerprint density at radius 1 is 1.39 bits per heavy atom. The molecule has 0 aliphatic heterocycles. The van der Waals surface area contributed by atoms with E-state index in [2.05, 4.69) is 30.8 Å². The Morgan fingerprint density at radius 2 is 2.06 bits per heavy atom. The highest BCUT2D eigenvalue weighted by Gasteiger charge is 2.13. The number of hydrogen-bond acceptors (Lipinski definition) is 3. The highest BCUT2D eigenvalue weighted by molar-refractivity contribution is 5.98. The van der Waals surface area contributed by atoms with E-state index >= 15 is 0 Å². The molecule has 0 radical (unpaired) electrons. The van der Waals surface area contributed by atoms with Gasteiger partial charge < -0.3 is 10.9 Å². The van der Waals surface area contributed by atoms with Gasteiger partial charge in [0, 0.05) is 18.2 Å². The summed E-state index contributed by atoms with van der Waals surface area (Å²) >= 11 is 0. The molecular formula is C14H23N3O. The molecule has 0 aromatic heterocycles. The van der Waals surface area contributed by atoms with Crippen molar-refractivity contribution in [1.82, 2.24) is 4.90 Å². The van der Waals surface area contributed by atoms with Gasteiger partial charge in [-0.05, 0) is 32.4 Å². The van der Waals surface area contributed by atoms with Crippen LogP contribution in [0.5, 0.6) is 0 Å². The molecular weight excluding hydrogens is 226 g/mol. The Kier molecular flexibility index (Phi) is 5.65. The molecule has 4 heteroatoms. The van der Waals surface area contributed by atoms with Crippen LogP contribution in [-0.2, 0) is 6.54 Å². The summed E-state index contributed by atoms with van der Waals surface area (Å²) < 4.78 is 0. The molecule has 0 fully saturated rings. The van der Waals surface area contributed by atoms with Crippen molar-refractivity contribution in [3.05, 3.63) is 35.4 Å². The van der Waals surface area contributed by atoms with Gasteiger partial charge in [0.1, 0.15) is 0 Å². The highest BCUT2D eigenvalue weighted by atomic mass is 16.4. The molecule has 1 rings (SSSR count). The van der Waals surface area contributed by atoms with Gasteiger partial charge in [-0.25, -0.2) is 0 Å². The molecule has 0 spiro atoms. The van der Waals surface area contributed by atoms with Crippen molar-refractivity contribution >= 4 is 5.84 Å². The Labute approximate surface area is 109 Å². The fourth-order valence-corrected chi connectivity index (χ4v) is 1.99. The zero-order chi connectivity index (χ0) is 13.5. The molecule has 1 aromatic rings. The van der Waals surface area contributed by atoms with Crippen LogP contribution in [0.1, 0.15) is 38.3 Å². The minimum Gasteiger partial charge on any atom is -0.409 e. The van der Waals surface area contributed by atoms with E-state index in [9.17, 15) is 0 Å². The largest absolute Gasteiger partial charge is 0.409 e. The molecule has 0 heterocycles. The maximum absolute atomic E-state index is 8.81. The fourth-order valence-electron chi connectivity index (χ4n) is 1.99. The summed E-state index contributed by atoms with van der Waals surface area (Å²) in [5.41, 5.74) is 7.60. The van der Waals surface area contributed by atoms with Crippen molar-refractivity contribution in [2.45, 2.75) is 39.8 Å². The van der Waals surface area contributed by atoms with Crippen LogP contribution >= 0.6 is 0 Å². The van der Waals surface area contributed by atoms with Crippen molar-refractivity contribution < 1.29 is 5.21 Å². The van der Waals surface area contributed by atoms with Gasteiger partial charge in [-0.3, -0.25) is 4.90 Å². The van der Waals surface area contributed by atoms with Crippen LogP contribution in [0.3, 0.4) is 0 Å². The minimum atomic E-state index is 0.172. The second-order valence-corrected chi connectivity index (χ2v) is 4.71. The average Bonchev–Trinajstić information content (AvgIpc) is 2.37. The Hall–Kier alpha value is -1.55. The molecule has 18 heavy (non-hydrogen) atoms. The molecule has 0 saturated carbocycles. The van der Waals surface area contributed by atoms with Gasteiger partial charge in [-0.2, -0.15) is 0 Å². The molecule has 1 aromatic carbocycles. The van der Waals surface area contributed by atoms with Gasteiger partial charge in [0.05, 0.1) is 0 Å². The first kappa shape index (κ1) is 14.5. The number of nitrogens with two attached hydrogens (primary N) is 1. The lowest BCUT2D eigenvalue weighted by Gasteiger charge is -2.26. The molecule has 0 amide bonds. The lowest BCUT2D eigenvalue weighted by molar-refractivity contribution is 0.213. The normalized spacial score (nSPS) is 12.4. The summed E-state index contributed by atoms with van der Waals surface area (Å²) in [6.07, 6.45) is 1.11. The van der Waals surface area contributed by atoms with Crippen molar-refractivity contribution in [2.24, 2.45) is 10.9 Å². The van der Waals surface area contributed by atoms with E-state index in [1.54, 1.807) is 0 Å². The second kappa shape index (κ2) is 7.01. The molecule has 0 bridgehead atoms. The van der Waals surface area contributed by atoms with Crippen molar-refractivity contribution in [3.8, 4) is 0 Å². The quantitative estimate of drug-likeness (QED) is 0.352. The molecule has 0 aliphatic rings. The van der Waals surface area contributed by atoms with Crippen molar-refractivity contribution in [3.63, 3.8) is 0 Å². The molecule has 100 valence electrons. The van der Waals surface area contributed by atoms with Crippen molar-refractivity contribution in [1.29, 1.82) is 0 Å². The third-order valence-electron chi connectivity index (χ3n) is 3.02. The molecule has 0 unspecified atom stereocenters. The third kappa shape index (κ3) is 3.74. The SMILES string of the molecule is CCCN(Cc1ccccc1/C(N)=N/O)C(C)C. The van der Waals surface area contributed by atoms with E-state index in [0.717, 1.165) is 30.6 Å². The second-order valence-electron chi connectivity index (χ2n) is 4.71. The maximum Gasteiger partial charge on any atom is 0.170 e. The summed E-state index contributed by atoms with van der Waals surface area (Å²) in [5, 5.41) is 11.9. The van der Waals surface area contributed by atoms with Crippen LogP contribution in [0, 0.1) is 0 Å². The Bertz CT molecular complexity index is 402. The van der Waals surface area contributed by atoms with Gasteiger partial charge >= 0.3 is 0 Å². The number of oxime groups is 1. The third-order valence-corrected chi connectivity index (χ3v) is 3.02. The number of amidine groups is 1. The summed E-state index contributed by atoms with van der Waals surface area (Å²) in [4.78, 5) is 2.38. The Morgan fingerprint density at radius 3 is 2.61 bits per heavy atom. The Balaban J connectivity index is 2.95. The van der Waals surface area contributed by atoms with Crippen LogP contribution in [0.2, 0.25) is 0 Å². The molecule has 3 N–H and O–H groups in total. The monoisotopic (exact) mass is 249 g/mol. The van der Waals surface area contributed by atoms with E-state index < -0.39 is 0 Å². The van der Waals surface area contributed by atoms with Crippen LogP contribution in [-0.4, -0.2) is 28.5 Å². The number of benzene rings is 1. The van der Waals surface area contributed by atoms with Gasteiger partial charge in [0.15, 0.2) is 5.84 Å². The van der Waals surface area contributed by atoms with E-state index in [1.165, 1.54) is 0 Å². The van der Waals surface area contributed by atoms with E-state index in [4.69, 9.17) is 10.9 Å². The predicted molar refractivity (Wildman–Crippen MR) is 74.8 cm³/mol. The van der Waals surface area contributed by atoms with Crippen LogP contribution < -0.4 is 5.73 Å². The highest BCUT2D eigenvalue weighted by Crippen LogP contribution is 2.14. The zero-order valence-electron chi connectivity index (χ0n) is 11.4. The molecule has 4 nitrogen and oxygen atoms in total. The first-order valence-corrected chi connectivity index (χ1v) is 6.40. The van der Waals surface area contributed by atoms with E-state index in [1.807, 2.05) is 24.3 Å². The summed E-state index contributed by atoms with van der Waals surface area (Å²) in [7, 11) is 0. The summed E-state index contributed by atoms with van der Waals surface area (Å²) in [6.45, 7) is 8.40. The average molecular weight is 249 g/mol. The molecule has 0 atom stereocenters. The topological polar surface area (TPSA) is 61.8 Å². The summed E-state index contributed by atoms with van der Waals surface area (Å²) in [5.74, 6) is 0.172. The van der Waals surface area contributed by atoms with E-state index in [0.29, 0.717) is 6.04 Å². The van der Waals surface area contributed by atoms with Gasteiger partial charge in [-0.1, -0.05) is 36.3 Å². The van der Waals surface area contributed by atoms with Gasteiger partial charge in [0.2, 0.25) is 0 Å². The van der Waals surface area contributed by atoms with Gasteiger partial charge in [-0.15, -0.1) is 0 Å². The number of hydrogen-bond donors (Lipinski definition) is 2. The first-order valence-electron chi connectivity index (χ1n) is 6.40.